The molecule has 1 aromatic rings. The molecule has 0 bridgehead atoms. The van der Waals surface area contributed by atoms with Gasteiger partial charge in [0.25, 0.3) is 5.91 Å². The van der Waals surface area contributed by atoms with Crippen molar-refractivity contribution in [3.05, 3.63) is 23.8 Å². The molecule has 2 amide bonds. The summed E-state index contributed by atoms with van der Waals surface area (Å²) in [5, 5.41) is 9.23. The summed E-state index contributed by atoms with van der Waals surface area (Å²) in [6.45, 7) is 8.36. The van der Waals surface area contributed by atoms with E-state index in [9.17, 15) is 19.5 Å². The summed E-state index contributed by atoms with van der Waals surface area (Å²) in [5.41, 5.74) is -0.773. The van der Waals surface area contributed by atoms with Crippen molar-refractivity contribution < 1.29 is 24.2 Å². The summed E-state index contributed by atoms with van der Waals surface area (Å²) in [4.78, 5) is 40.0. The molecule has 0 radical (unpaired) electrons. The van der Waals surface area contributed by atoms with Crippen molar-refractivity contribution in [3.63, 3.8) is 0 Å². The molecule has 0 saturated carbocycles. The highest BCUT2D eigenvalue weighted by Gasteiger charge is 2.42. The van der Waals surface area contributed by atoms with E-state index >= 15 is 0 Å². The second-order valence-corrected chi connectivity index (χ2v) is 6.87. The number of benzene rings is 1. The number of carbonyl (C=O) groups excluding carboxylic acids is 2. The van der Waals surface area contributed by atoms with Crippen LogP contribution in [0.2, 0.25) is 0 Å². The van der Waals surface area contributed by atoms with Gasteiger partial charge in [-0.2, -0.15) is 0 Å². The molecule has 7 nitrogen and oxygen atoms in total. The van der Waals surface area contributed by atoms with Crippen molar-refractivity contribution in [3.8, 4) is 5.75 Å². The highest BCUT2D eigenvalue weighted by atomic mass is 16.5. The molecule has 1 aliphatic heterocycles. The molecular weight excluding hydrogens is 336 g/mol. The van der Waals surface area contributed by atoms with Crippen molar-refractivity contribution in [1.29, 1.82) is 0 Å². The summed E-state index contributed by atoms with van der Waals surface area (Å²) >= 11 is 0. The van der Waals surface area contributed by atoms with E-state index in [4.69, 9.17) is 4.74 Å². The molecule has 7 heteroatoms. The third-order valence-corrected chi connectivity index (χ3v) is 4.26. The fraction of sp³-hybridized carbons (Fsp3) is 0.526. The lowest BCUT2D eigenvalue weighted by molar-refractivity contribution is -0.136. The fourth-order valence-electron chi connectivity index (χ4n) is 2.99. The van der Waals surface area contributed by atoms with E-state index in [-0.39, 0.29) is 23.9 Å². The molecule has 1 aliphatic rings. The quantitative estimate of drug-likeness (QED) is 0.805. The molecule has 1 heterocycles. The number of fused-ring (bicyclic) bond motifs is 1. The number of aromatic carboxylic acids is 1. The first-order valence-corrected chi connectivity index (χ1v) is 8.87. The first kappa shape index (κ1) is 19.8. The Bertz CT molecular complexity index is 708. The van der Waals surface area contributed by atoms with Crippen LogP contribution in [0.3, 0.4) is 0 Å². The van der Waals surface area contributed by atoms with Crippen LogP contribution in [0.5, 0.6) is 5.75 Å². The van der Waals surface area contributed by atoms with Crippen molar-refractivity contribution in [2.24, 2.45) is 0 Å². The Morgan fingerprint density at radius 1 is 1.19 bits per heavy atom. The number of anilines is 1. The normalized spacial score (nSPS) is 15.2. The fourth-order valence-corrected chi connectivity index (χ4v) is 2.99. The monoisotopic (exact) mass is 362 g/mol. The van der Waals surface area contributed by atoms with Crippen LogP contribution in [-0.4, -0.2) is 53.0 Å². The minimum Gasteiger partial charge on any atom is -0.478 e. The van der Waals surface area contributed by atoms with Gasteiger partial charge in [0.15, 0.2) is 5.60 Å². The molecule has 0 aliphatic carbocycles. The lowest BCUT2D eigenvalue weighted by Gasteiger charge is -2.39. The average molecular weight is 362 g/mol. The van der Waals surface area contributed by atoms with E-state index in [1.807, 2.05) is 13.8 Å². The SMILES string of the molecule is CCCN(CCC)C(=O)CN1C(=O)C(C)(C)Oc2ccc(C(=O)O)cc21. The van der Waals surface area contributed by atoms with Crippen LogP contribution in [0, 0.1) is 0 Å². The van der Waals surface area contributed by atoms with Crippen LogP contribution < -0.4 is 9.64 Å². The van der Waals surface area contributed by atoms with Crippen molar-refractivity contribution in [2.45, 2.75) is 46.1 Å². The van der Waals surface area contributed by atoms with Gasteiger partial charge < -0.3 is 14.7 Å². The summed E-state index contributed by atoms with van der Waals surface area (Å²) in [6, 6.07) is 4.33. The van der Waals surface area contributed by atoms with Crippen LogP contribution in [0.25, 0.3) is 0 Å². The number of amides is 2. The van der Waals surface area contributed by atoms with Gasteiger partial charge in [-0.15, -0.1) is 0 Å². The summed E-state index contributed by atoms with van der Waals surface area (Å²) in [7, 11) is 0. The number of hydrogen-bond donors (Lipinski definition) is 1. The molecule has 0 spiro atoms. The van der Waals surface area contributed by atoms with Gasteiger partial charge in [-0.25, -0.2) is 4.79 Å². The second-order valence-electron chi connectivity index (χ2n) is 6.87. The molecule has 26 heavy (non-hydrogen) atoms. The van der Waals surface area contributed by atoms with Crippen LogP contribution in [0.15, 0.2) is 18.2 Å². The molecular formula is C19H26N2O5. The minimum atomic E-state index is -1.13. The van der Waals surface area contributed by atoms with Gasteiger partial charge in [0, 0.05) is 13.1 Å². The second kappa shape index (κ2) is 7.76. The first-order valence-electron chi connectivity index (χ1n) is 8.87. The maximum Gasteiger partial charge on any atom is 0.335 e. The third kappa shape index (κ3) is 3.98. The number of hydrogen-bond acceptors (Lipinski definition) is 4. The summed E-state index contributed by atoms with van der Waals surface area (Å²) < 4.78 is 5.72. The summed E-state index contributed by atoms with van der Waals surface area (Å²) in [5.74, 6) is -1.24. The molecule has 0 fully saturated rings. The van der Waals surface area contributed by atoms with E-state index in [1.165, 1.54) is 23.1 Å². The van der Waals surface area contributed by atoms with E-state index in [2.05, 4.69) is 0 Å². The number of carboxylic acid groups (broad SMARTS) is 1. The highest BCUT2D eigenvalue weighted by Crippen LogP contribution is 2.38. The Morgan fingerprint density at radius 2 is 1.81 bits per heavy atom. The van der Waals surface area contributed by atoms with Crippen LogP contribution >= 0.6 is 0 Å². The lowest BCUT2D eigenvalue weighted by atomic mass is 10.0. The predicted molar refractivity (Wildman–Crippen MR) is 97.6 cm³/mol. The van der Waals surface area contributed by atoms with Gasteiger partial charge in [0.2, 0.25) is 5.91 Å². The molecule has 0 unspecified atom stereocenters. The highest BCUT2D eigenvalue weighted by molar-refractivity contribution is 6.06. The van der Waals surface area contributed by atoms with Crippen molar-refractivity contribution >= 4 is 23.5 Å². The minimum absolute atomic E-state index is 0.0382. The number of nitrogens with zero attached hydrogens (tertiary/aromatic N) is 2. The van der Waals surface area contributed by atoms with E-state index in [0.717, 1.165) is 12.8 Å². The number of carbonyl (C=O) groups is 3. The topological polar surface area (TPSA) is 87.2 Å². The van der Waals surface area contributed by atoms with Crippen LogP contribution in [-0.2, 0) is 9.59 Å². The van der Waals surface area contributed by atoms with Crippen LogP contribution in [0.1, 0.15) is 50.9 Å². The molecule has 0 atom stereocenters. The zero-order valence-electron chi connectivity index (χ0n) is 15.7. The molecule has 142 valence electrons. The Labute approximate surface area is 153 Å². The average Bonchev–Trinajstić information content (AvgIpc) is 2.57. The Kier molecular flexibility index (Phi) is 5.90. The number of rotatable bonds is 7. The molecule has 0 saturated heterocycles. The Hall–Kier alpha value is -2.57. The van der Waals surface area contributed by atoms with Gasteiger partial charge in [-0.1, -0.05) is 13.8 Å². The van der Waals surface area contributed by atoms with Crippen molar-refractivity contribution in [2.75, 3.05) is 24.5 Å². The van der Waals surface area contributed by atoms with Crippen molar-refractivity contribution in [1.82, 2.24) is 4.90 Å². The number of ether oxygens (including phenoxy) is 1. The first-order chi connectivity index (χ1) is 12.2. The predicted octanol–water partition coefficient (Wildman–Crippen LogP) is 2.54. The van der Waals surface area contributed by atoms with Gasteiger partial charge in [0.05, 0.1) is 11.3 Å². The van der Waals surface area contributed by atoms with Gasteiger partial charge in [-0.3, -0.25) is 14.5 Å². The van der Waals surface area contributed by atoms with E-state index in [0.29, 0.717) is 24.5 Å². The molecule has 1 N–H and O–H groups in total. The Morgan fingerprint density at radius 3 is 2.35 bits per heavy atom. The third-order valence-electron chi connectivity index (χ3n) is 4.26. The smallest absolute Gasteiger partial charge is 0.335 e. The van der Waals surface area contributed by atoms with Gasteiger partial charge in [0.1, 0.15) is 12.3 Å². The standard InChI is InChI=1S/C19H26N2O5/c1-5-9-20(10-6-2)16(22)12-21-14-11-13(17(23)24)7-8-15(14)26-19(3,4)18(21)25/h7-8,11H,5-6,9-10,12H2,1-4H3,(H,23,24). The maximum atomic E-state index is 12.8. The van der Waals surface area contributed by atoms with E-state index in [1.54, 1.807) is 18.7 Å². The maximum absolute atomic E-state index is 12.8. The Balaban J connectivity index is 2.39. The largest absolute Gasteiger partial charge is 0.478 e. The zero-order valence-corrected chi connectivity index (χ0v) is 15.7. The molecule has 0 aromatic heterocycles. The van der Waals surface area contributed by atoms with E-state index < -0.39 is 11.6 Å². The van der Waals surface area contributed by atoms with Gasteiger partial charge >= 0.3 is 5.97 Å². The summed E-state index contributed by atoms with van der Waals surface area (Å²) in [6.07, 6.45) is 1.65. The zero-order chi connectivity index (χ0) is 19.5. The van der Waals surface area contributed by atoms with Gasteiger partial charge in [-0.05, 0) is 44.9 Å². The molecule has 1 aromatic carbocycles. The van der Waals surface area contributed by atoms with Crippen LogP contribution in [0.4, 0.5) is 5.69 Å². The lowest BCUT2D eigenvalue weighted by Crippen LogP contribution is -2.55. The molecule has 2 rings (SSSR count). The number of carboxylic acids is 1.